The summed E-state index contributed by atoms with van der Waals surface area (Å²) in [4.78, 5) is 38.7. The molecule has 4 aromatic rings. The number of rotatable bonds is 5. The van der Waals surface area contributed by atoms with Gasteiger partial charge >= 0.3 is 11.8 Å². The van der Waals surface area contributed by atoms with Crippen molar-refractivity contribution in [3.63, 3.8) is 0 Å². The molecule has 0 saturated heterocycles. The van der Waals surface area contributed by atoms with Gasteiger partial charge in [-0.25, -0.2) is 4.68 Å². The highest BCUT2D eigenvalue weighted by atomic mass is 79.9. The highest BCUT2D eigenvalue weighted by Gasteiger charge is 2.22. The lowest BCUT2D eigenvalue weighted by molar-refractivity contribution is -0.133. The number of hydrogen-bond acceptors (Lipinski definition) is 4. The van der Waals surface area contributed by atoms with Crippen molar-refractivity contribution in [3.05, 3.63) is 88.0 Å². The molecule has 0 aliphatic carbocycles. The van der Waals surface area contributed by atoms with E-state index in [0.29, 0.717) is 28.0 Å². The van der Waals surface area contributed by atoms with Crippen LogP contribution >= 0.6 is 15.9 Å². The number of nitrogens with one attached hydrogen (secondary N) is 3. The maximum absolute atomic E-state index is 13.2. The third-order valence-corrected chi connectivity index (χ3v) is 5.74. The molecule has 0 spiro atoms. The summed E-state index contributed by atoms with van der Waals surface area (Å²) in [6.07, 6.45) is 0. The van der Waals surface area contributed by atoms with Crippen LogP contribution in [0.15, 0.2) is 71.2 Å². The number of nitrogens with zero attached hydrogens (tertiary/aromatic N) is 1. The lowest BCUT2D eigenvalue weighted by atomic mass is 10.1. The molecular formula is C26H23BrN4O4. The molecule has 0 fully saturated rings. The Morgan fingerprint density at radius 3 is 2.29 bits per heavy atom. The molecule has 8 nitrogen and oxygen atoms in total. The smallest absolute Gasteiger partial charge is 0.328 e. The molecule has 3 aromatic carbocycles. The minimum atomic E-state index is -0.947. The second-order valence-electron chi connectivity index (χ2n) is 7.99. The molecule has 4 rings (SSSR count). The van der Waals surface area contributed by atoms with Gasteiger partial charge in [-0.2, -0.15) is 0 Å². The topological polar surface area (TPSA) is 101 Å². The van der Waals surface area contributed by atoms with E-state index in [-0.39, 0.29) is 5.69 Å². The minimum absolute atomic E-state index is 0.163. The average molecular weight is 535 g/mol. The van der Waals surface area contributed by atoms with Crippen LogP contribution in [0, 0.1) is 13.8 Å². The Bertz CT molecular complexity index is 1440. The predicted molar refractivity (Wildman–Crippen MR) is 139 cm³/mol. The highest BCUT2D eigenvalue weighted by molar-refractivity contribution is 9.10. The van der Waals surface area contributed by atoms with E-state index in [1.54, 1.807) is 42.5 Å². The number of carbonyl (C=O) groups is 3. The monoisotopic (exact) mass is 534 g/mol. The Labute approximate surface area is 210 Å². The molecule has 0 atom stereocenters. The van der Waals surface area contributed by atoms with Crippen LogP contribution in [0.4, 0.5) is 11.4 Å². The average Bonchev–Trinajstić information content (AvgIpc) is 3.16. The minimum Gasteiger partial charge on any atom is -0.495 e. The van der Waals surface area contributed by atoms with Crippen molar-refractivity contribution in [2.24, 2.45) is 0 Å². The third kappa shape index (κ3) is 5.36. The number of halogens is 1. The number of amides is 3. The molecule has 35 heavy (non-hydrogen) atoms. The Morgan fingerprint density at radius 2 is 1.57 bits per heavy atom. The molecule has 0 unspecified atom stereocenters. The van der Waals surface area contributed by atoms with E-state index in [1.807, 2.05) is 38.1 Å². The van der Waals surface area contributed by atoms with Gasteiger partial charge < -0.3 is 15.4 Å². The van der Waals surface area contributed by atoms with Crippen molar-refractivity contribution in [3.8, 4) is 5.75 Å². The fraction of sp³-hybridized carbons (Fsp3) is 0.115. The van der Waals surface area contributed by atoms with Crippen LogP contribution in [0.3, 0.4) is 0 Å². The van der Waals surface area contributed by atoms with Crippen molar-refractivity contribution >= 4 is 55.9 Å². The first kappa shape index (κ1) is 24.0. The normalized spacial score (nSPS) is 10.6. The van der Waals surface area contributed by atoms with Gasteiger partial charge in [0.1, 0.15) is 11.4 Å². The predicted octanol–water partition coefficient (Wildman–Crippen LogP) is 4.99. The molecule has 3 amide bonds. The summed E-state index contributed by atoms with van der Waals surface area (Å²) in [7, 11) is 1.47. The maximum Gasteiger partial charge on any atom is 0.328 e. The molecule has 0 aliphatic heterocycles. The van der Waals surface area contributed by atoms with E-state index in [1.165, 1.54) is 11.8 Å². The third-order valence-electron chi connectivity index (χ3n) is 5.25. The number of hydrogen-bond donors (Lipinski definition) is 3. The lowest BCUT2D eigenvalue weighted by Gasteiger charge is -2.14. The largest absolute Gasteiger partial charge is 0.495 e. The zero-order valence-corrected chi connectivity index (χ0v) is 20.9. The van der Waals surface area contributed by atoms with Gasteiger partial charge in [0.2, 0.25) is 0 Å². The van der Waals surface area contributed by atoms with Gasteiger partial charge in [-0.15, -0.1) is 0 Å². The molecule has 3 N–H and O–H groups in total. The second-order valence-corrected chi connectivity index (χ2v) is 8.91. The van der Waals surface area contributed by atoms with Gasteiger partial charge in [0.05, 0.1) is 18.3 Å². The zero-order valence-electron chi connectivity index (χ0n) is 19.3. The molecule has 1 aromatic heterocycles. The van der Waals surface area contributed by atoms with Crippen molar-refractivity contribution in [2.75, 3.05) is 23.2 Å². The van der Waals surface area contributed by atoms with Crippen molar-refractivity contribution in [1.29, 1.82) is 0 Å². The summed E-state index contributed by atoms with van der Waals surface area (Å²) in [5.41, 5.74) is 6.26. The van der Waals surface area contributed by atoms with E-state index in [9.17, 15) is 14.4 Å². The first-order valence-corrected chi connectivity index (χ1v) is 11.5. The summed E-state index contributed by atoms with van der Waals surface area (Å²) in [5.74, 6) is -1.88. The van der Waals surface area contributed by atoms with Crippen LogP contribution in [0.1, 0.15) is 21.6 Å². The van der Waals surface area contributed by atoms with Crippen LogP contribution in [0.25, 0.3) is 10.9 Å². The van der Waals surface area contributed by atoms with Crippen molar-refractivity contribution < 1.29 is 19.1 Å². The Kier molecular flexibility index (Phi) is 6.88. The number of methoxy groups -OCH3 is 1. The summed E-state index contributed by atoms with van der Waals surface area (Å²) < 4.78 is 7.33. The maximum atomic E-state index is 13.2. The number of aryl methyl sites for hydroxylation is 2. The number of benzene rings is 3. The van der Waals surface area contributed by atoms with Gasteiger partial charge in [0, 0.05) is 15.5 Å². The quantitative estimate of drug-likeness (QED) is 0.314. The fourth-order valence-electron chi connectivity index (χ4n) is 3.80. The van der Waals surface area contributed by atoms with Crippen LogP contribution in [-0.2, 0) is 9.59 Å². The number of carbonyl (C=O) groups excluding carboxylic acids is 3. The number of para-hydroxylation sites is 2. The molecule has 0 saturated carbocycles. The molecule has 9 heteroatoms. The highest BCUT2D eigenvalue weighted by Crippen LogP contribution is 2.25. The number of aromatic nitrogens is 1. The summed E-state index contributed by atoms with van der Waals surface area (Å²) in [5, 5.41) is 6.11. The van der Waals surface area contributed by atoms with E-state index < -0.39 is 17.7 Å². The van der Waals surface area contributed by atoms with Crippen LogP contribution in [0.5, 0.6) is 5.75 Å². The number of fused-ring (bicyclic) bond motifs is 1. The van der Waals surface area contributed by atoms with Crippen LogP contribution in [-0.4, -0.2) is 29.5 Å². The van der Waals surface area contributed by atoms with E-state index >= 15 is 0 Å². The Balaban J connectivity index is 1.64. The molecular weight excluding hydrogens is 512 g/mol. The number of anilines is 2. The second kappa shape index (κ2) is 10.0. The SMILES string of the molecule is COc1ccccc1NC(=O)C(=O)Nn1c(C(=O)Nc2cc(C)cc(C)c2)cc2cc(Br)ccc21. The fourth-order valence-corrected chi connectivity index (χ4v) is 4.17. The van der Waals surface area contributed by atoms with Crippen molar-refractivity contribution in [2.45, 2.75) is 13.8 Å². The van der Waals surface area contributed by atoms with Gasteiger partial charge in [-0.3, -0.25) is 19.8 Å². The van der Waals surface area contributed by atoms with Gasteiger partial charge in [0.25, 0.3) is 5.91 Å². The Morgan fingerprint density at radius 1 is 0.857 bits per heavy atom. The number of ether oxygens (including phenoxy) is 1. The van der Waals surface area contributed by atoms with Crippen LogP contribution < -0.4 is 20.8 Å². The summed E-state index contributed by atoms with van der Waals surface area (Å²) >= 11 is 3.42. The van der Waals surface area contributed by atoms with E-state index in [0.717, 1.165) is 15.6 Å². The first-order chi connectivity index (χ1) is 16.7. The molecule has 1 heterocycles. The van der Waals surface area contributed by atoms with Crippen molar-refractivity contribution in [1.82, 2.24) is 4.68 Å². The van der Waals surface area contributed by atoms with E-state index in [4.69, 9.17) is 4.74 Å². The van der Waals surface area contributed by atoms with Gasteiger partial charge in [0.15, 0.2) is 0 Å². The Hall–Kier alpha value is -4.11. The van der Waals surface area contributed by atoms with Gasteiger partial charge in [-0.05, 0) is 73.5 Å². The van der Waals surface area contributed by atoms with Crippen LogP contribution in [0.2, 0.25) is 0 Å². The van der Waals surface area contributed by atoms with Gasteiger partial charge in [-0.1, -0.05) is 34.1 Å². The molecule has 0 aliphatic rings. The zero-order chi connectivity index (χ0) is 25.1. The molecule has 178 valence electrons. The summed E-state index contributed by atoms with van der Waals surface area (Å²) in [6, 6.07) is 19.5. The standard InChI is InChI=1S/C26H23BrN4O4/c1-15-10-16(2)12-19(11-15)28-24(32)22-14-17-13-18(27)8-9-21(17)31(22)30-26(34)25(33)29-20-6-4-5-7-23(20)35-3/h4-14H,1-3H3,(H,28,32)(H,29,33)(H,30,34). The van der Waals surface area contributed by atoms with E-state index in [2.05, 4.69) is 32.0 Å². The summed E-state index contributed by atoms with van der Waals surface area (Å²) in [6.45, 7) is 3.88. The first-order valence-electron chi connectivity index (χ1n) is 10.7. The lowest BCUT2D eigenvalue weighted by Crippen LogP contribution is -2.36. The molecule has 0 radical (unpaired) electrons. The molecule has 0 bridgehead atoms.